The maximum atomic E-state index is 2.66. The fourth-order valence-electron chi connectivity index (χ4n) is 9.29. The summed E-state index contributed by atoms with van der Waals surface area (Å²) in [7, 11) is 0. The summed E-state index contributed by atoms with van der Waals surface area (Å²) >= 11 is -2.93. The van der Waals surface area contributed by atoms with Gasteiger partial charge in [0.25, 0.3) is 0 Å². The Morgan fingerprint density at radius 2 is 0.966 bits per heavy atom. The smallest absolute Gasteiger partial charge is 1.00 e. The molecule has 0 radical (unpaired) electrons. The monoisotopic (exact) mass is 876 g/mol. The van der Waals surface area contributed by atoms with Crippen molar-refractivity contribution in [2.24, 2.45) is 0 Å². The van der Waals surface area contributed by atoms with Crippen molar-refractivity contribution in [3.05, 3.63) is 200 Å². The molecule has 0 saturated carbocycles. The summed E-state index contributed by atoms with van der Waals surface area (Å²) in [6.45, 7) is 19.4. The Morgan fingerprint density at radius 1 is 0.534 bits per heavy atom. The van der Waals surface area contributed by atoms with Gasteiger partial charge in [0.15, 0.2) is 0 Å². The standard InChI is InChI=1S/C33H33.C17H18.C5H5.2ClH.Zr/c1-32(2,3)30-20-26-24(18-28(30)22-13-9-7-10-14-22)17-25-19-29(23-15-11-8-12-16-23)31(21-27(25)26)33(4,5)6;1-17(2,16-11-7-4-8-12-16)14-13-15-9-5-3-6-10-15;1-2-4-5-3-1;;;/h7-21H,1-6H3;3-12H,13H2,1-2H3;1-3H,4H2;2*1H;/q;;;;;+2/p-2. The number of halogens is 2. The molecule has 0 amide bonds. The van der Waals surface area contributed by atoms with Crippen molar-refractivity contribution in [3.8, 4) is 33.4 Å². The van der Waals surface area contributed by atoms with E-state index in [1.54, 1.807) is 6.49 Å². The predicted octanol–water partition coefficient (Wildman–Crippen LogP) is 8.55. The summed E-state index contributed by atoms with van der Waals surface area (Å²) in [5, 5.41) is 0. The van der Waals surface area contributed by atoms with Gasteiger partial charge in [0, 0.05) is 0 Å². The van der Waals surface area contributed by atoms with Crippen molar-refractivity contribution in [3.63, 3.8) is 0 Å². The van der Waals surface area contributed by atoms with Crippen LogP contribution in [0.15, 0.2) is 167 Å². The van der Waals surface area contributed by atoms with Crippen LogP contribution in [0.5, 0.6) is 0 Å². The molecule has 0 nitrogen and oxygen atoms in total. The summed E-state index contributed by atoms with van der Waals surface area (Å²) < 4.78 is 3.79. The van der Waals surface area contributed by atoms with E-state index in [1.807, 2.05) is 0 Å². The molecule has 58 heavy (non-hydrogen) atoms. The first-order chi connectivity index (χ1) is 26.8. The molecule has 8 rings (SSSR count). The van der Waals surface area contributed by atoms with Gasteiger partial charge in [0.2, 0.25) is 0 Å². The van der Waals surface area contributed by atoms with E-state index in [9.17, 15) is 0 Å². The molecule has 0 bridgehead atoms. The van der Waals surface area contributed by atoms with Crippen molar-refractivity contribution in [2.45, 2.75) is 88.1 Å². The van der Waals surface area contributed by atoms with Gasteiger partial charge in [-0.1, -0.05) is 0 Å². The summed E-state index contributed by atoms with van der Waals surface area (Å²) in [4.78, 5) is 0. The Hall–Kier alpha value is -3.87. The molecule has 0 saturated heterocycles. The van der Waals surface area contributed by atoms with Crippen molar-refractivity contribution in [1.29, 1.82) is 0 Å². The van der Waals surface area contributed by atoms with Crippen LogP contribution in [-0.2, 0) is 43.9 Å². The van der Waals surface area contributed by atoms with Crippen molar-refractivity contribution in [2.75, 3.05) is 0 Å². The average molecular weight is 879 g/mol. The third-order valence-corrected chi connectivity index (χ3v) is 21.4. The molecular formula is C55H56Cl2Zr. The second-order valence-corrected chi connectivity index (χ2v) is 25.0. The maximum Gasteiger partial charge on any atom is -1.00 e. The SMILES string of the molecule is CC(C)(C)c1cc2c(cc1-c1ccccc1)[CH](/[Zr+2]([C]1=CC=CC1)=[C](/Cc1ccccc1)C(C)(C)c1ccccc1)c1cc(-c3ccccc3)c(C(C)(C)C)cc1-2.[Cl-].[Cl-]. The Morgan fingerprint density at radius 3 is 1.38 bits per heavy atom. The second-order valence-electron chi connectivity index (χ2n) is 18.5. The van der Waals surface area contributed by atoms with Gasteiger partial charge in [-0.25, -0.2) is 0 Å². The second kappa shape index (κ2) is 17.4. The Kier molecular flexibility index (Phi) is 13.1. The molecule has 2 aliphatic rings. The van der Waals surface area contributed by atoms with Gasteiger partial charge in [-0.15, -0.1) is 0 Å². The molecule has 2 aliphatic carbocycles. The molecule has 294 valence electrons. The minimum absolute atomic E-state index is 0. The minimum atomic E-state index is -2.93. The van der Waals surface area contributed by atoms with Crippen LogP contribution >= 0.6 is 0 Å². The van der Waals surface area contributed by atoms with Crippen LogP contribution in [0.2, 0.25) is 0 Å². The largest absolute Gasteiger partial charge is 1.00 e. The zero-order valence-electron chi connectivity index (χ0n) is 35.3. The molecule has 3 heteroatoms. The molecule has 0 spiro atoms. The molecule has 0 atom stereocenters. The van der Waals surface area contributed by atoms with Crippen LogP contribution in [0.25, 0.3) is 33.4 Å². The van der Waals surface area contributed by atoms with Crippen LogP contribution in [0.4, 0.5) is 0 Å². The number of benzene rings is 6. The van der Waals surface area contributed by atoms with E-state index in [-0.39, 0.29) is 41.1 Å². The third kappa shape index (κ3) is 8.43. The van der Waals surface area contributed by atoms with E-state index >= 15 is 0 Å². The molecule has 0 aliphatic heterocycles. The van der Waals surface area contributed by atoms with E-state index < -0.39 is 21.3 Å². The van der Waals surface area contributed by atoms with Gasteiger partial charge < -0.3 is 24.8 Å². The third-order valence-electron chi connectivity index (χ3n) is 12.3. The fraction of sp³-hybridized carbons (Fsp3) is 0.255. The Balaban J connectivity index is 0.00000283. The van der Waals surface area contributed by atoms with Crippen molar-refractivity contribution < 1.29 is 46.1 Å². The number of hydrogen-bond donors (Lipinski definition) is 0. The van der Waals surface area contributed by atoms with Crippen LogP contribution in [0.1, 0.15) is 98.8 Å². The van der Waals surface area contributed by atoms with Crippen molar-refractivity contribution in [1.82, 2.24) is 0 Å². The molecular weight excluding hydrogens is 823 g/mol. The maximum absolute atomic E-state index is 2.93. The summed E-state index contributed by atoms with van der Waals surface area (Å²) in [6, 6.07) is 55.6. The van der Waals surface area contributed by atoms with Crippen molar-refractivity contribution >= 4 is 3.21 Å². The van der Waals surface area contributed by atoms with Crippen LogP contribution in [0, 0.1) is 0 Å². The molecule has 0 fully saturated rings. The Bertz CT molecular complexity index is 2370. The van der Waals surface area contributed by atoms with Crippen LogP contribution in [-0.4, -0.2) is 3.21 Å². The van der Waals surface area contributed by atoms with E-state index in [0.29, 0.717) is 3.63 Å². The summed E-state index contributed by atoms with van der Waals surface area (Å²) in [6.07, 6.45) is 9.34. The molecule has 0 N–H and O–H groups in total. The van der Waals surface area contributed by atoms with Gasteiger partial charge in [-0.3, -0.25) is 0 Å². The predicted molar refractivity (Wildman–Crippen MR) is 238 cm³/mol. The Labute approximate surface area is 368 Å². The average Bonchev–Trinajstić information content (AvgIpc) is 3.84. The van der Waals surface area contributed by atoms with Gasteiger partial charge in [0.05, 0.1) is 0 Å². The molecule has 6 aromatic carbocycles. The number of fused-ring (bicyclic) bond motifs is 3. The zero-order chi connectivity index (χ0) is 39.2. The van der Waals surface area contributed by atoms with Gasteiger partial charge in [-0.05, 0) is 0 Å². The van der Waals surface area contributed by atoms with E-state index in [4.69, 9.17) is 0 Å². The van der Waals surface area contributed by atoms with E-state index in [1.165, 1.54) is 66.8 Å². The molecule has 0 aromatic heterocycles. The summed E-state index contributed by atoms with van der Waals surface area (Å²) in [5.41, 5.74) is 16.8. The first kappa shape index (κ1) is 43.7. The van der Waals surface area contributed by atoms with E-state index in [0.717, 1.165) is 12.8 Å². The topological polar surface area (TPSA) is 0 Å². The quantitative estimate of drug-likeness (QED) is 0.144. The zero-order valence-corrected chi connectivity index (χ0v) is 39.3. The summed E-state index contributed by atoms with van der Waals surface area (Å²) in [5.74, 6) is 0. The van der Waals surface area contributed by atoms with Gasteiger partial charge in [-0.2, -0.15) is 0 Å². The van der Waals surface area contributed by atoms with Crippen LogP contribution < -0.4 is 24.8 Å². The number of hydrogen-bond acceptors (Lipinski definition) is 0. The normalized spacial score (nSPS) is 13.9. The van der Waals surface area contributed by atoms with Gasteiger partial charge >= 0.3 is 346 Å². The molecule has 0 unspecified atom stereocenters. The fourth-order valence-corrected chi connectivity index (χ4v) is 19.2. The van der Waals surface area contributed by atoms with Crippen LogP contribution in [0.3, 0.4) is 0 Å². The molecule has 0 heterocycles. The minimum Gasteiger partial charge on any atom is -1.00 e. The van der Waals surface area contributed by atoms with Gasteiger partial charge in [0.1, 0.15) is 0 Å². The molecule has 6 aromatic rings. The van der Waals surface area contributed by atoms with E-state index in [2.05, 4.69) is 219 Å². The number of allylic oxidation sites excluding steroid dienone is 4. The first-order valence-electron chi connectivity index (χ1n) is 20.5. The first-order valence-corrected chi connectivity index (χ1v) is 24.4. The number of rotatable bonds is 8.